The van der Waals surface area contributed by atoms with Crippen LogP contribution in [0.5, 0.6) is 0 Å². The first-order valence-corrected chi connectivity index (χ1v) is 13.6. The second-order valence-corrected chi connectivity index (χ2v) is 9.65. The molecule has 0 fully saturated rings. The van der Waals surface area contributed by atoms with E-state index in [2.05, 4.69) is 103 Å². The molecule has 0 aliphatic rings. The number of hydrogen-bond acceptors (Lipinski definition) is 6. The smallest absolute Gasteiger partial charge is 0.0964 e. The molecule has 0 spiro atoms. The normalized spacial score (nSPS) is 10.6. The Morgan fingerprint density at radius 2 is 0.395 bits per heavy atom. The Balaban J connectivity index is 0.000000113. The van der Waals surface area contributed by atoms with Crippen LogP contribution < -0.4 is 0 Å². The van der Waals surface area contributed by atoms with Gasteiger partial charge in [0.05, 0.1) is 33.1 Å². The summed E-state index contributed by atoms with van der Waals surface area (Å²) >= 11 is 0. The molecule has 0 aliphatic heterocycles. The first kappa shape index (κ1) is 27.9. The number of fused-ring (bicyclic) bond motifs is 9. The molecule has 0 saturated heterocycles. The molecule has 0 bridgehead atoms. The Morgan fingerprint density at radius 3 is 0.558 bits per heavy atom. The molecule has 6 nitrogen and oxygen atoms in total. The van der Waals surface area contributed by atoms with Gasteiger partial charge in [-0.1, -0.05) is 72.8 Å². The molecule has 1 radical (unpaired) electrons. The summed E-state index contributed by atoms with van der Waals surface area (Å²) in [6.45, 7) is 0. The molecule has 0 N–H and O–H groups in total. The maximum absolute atomic E-state index is 4.35. The van der Waals surface area contributed by atoms with Gasteiger partial charge in [0, 0.05) is 88.1 Å². The number of rotatable bonds is 0. The molecule has 6 aromatic heterocycles. The fourth-order valence-electron chi connectivity index (χ4n) is 5.04. The summed E-state index contributed by atoms with van der Waals surface area (Å²) in [4.78, 5) is 26.1. The number of hydrogen-bond donors (Lipinski definition) is 0. The average Bonchev–Trinajstić information content (AvgIpc) is 3.09. The summed E-state index contributed by atoms with van der Waals surface area (Å²) in [5.74, 6) is 0. The van der Waals surface area contributed by atoms with Crippen LogP contribution in [0.2, 0.25) is 0 Å². The van der Waals surface area contributed by atoms with Gasteiger partial charge in [-0.3, -0.25) is 29.9 Å². The van der Waals surface area contributed by atoms with Crippen molar-refractivity contribution in [1.29, 1.82) is 0 Å². The fourth-order valence-corrected chi connectivity index (χ4v) is 5.04. The van der Waals surface area contributed by atoms with Crippen molar-refractivity contribution in [2.75, 3.05) is 0 Å². The Morgan fingerprint density at radius 1 is 0.233 bits per heavy atom. The van der Waals surface area contributed by atoms with Gasteiger partial charge in [0.2, 0.25) is 0 Å². The summed E-state index contributed by atoms with van der Waals surface area (Å²) in [7, 11) is 0. The van der Waals surface area contributed by atoms with Crippen molar-refractivity contribution in [2.24, 2.45) is 0 Å². The molecule has 9 aromatic rings. The van der Waals surface area contributed by atoms with E-state index in [0.29, 0.717) is 0 Å². The van der Waals surface area contributed by atoms with Crippen LogP contribution in [-0.4, -0.2) is 29.9 Å². The Hall–Kier alpha value is -5.30. The molecular weight excluding hydrogens is 567 g/mol. The van der Waals surface area contributed by atoms with E-state index in [0.717, 1.165) is 65.4 Å². The van der Waals surface area contributed by atoms with Crippen LogP contribution in [0, 0.1) is 0 Å². The van der Waals surface area contributed by atoms with Crippen molar-refractivity contribution in [2.45, 2.75) is 0 Å². The van der Waals surface area contributed by atoms with E-state index in [4.69, 9.17) is 0 Å². The largest absolute Gasteiger partial charge is 0.254 e. The molecule has 6 heterocycles. The monoisotopic (exact) mass is 591 g/mol. The Bertz CT molecular complexity index is 1910. The van der Waals surface area contributed by atoms with E-state index in [1.54, 1.807) is 37.2 Å². The summed E-state index contributed by atoms with van der Waals surface area (Å²) in [5, 5.41) is 6.83. The molecule has 0 amide bonds. The summed E-state index contributed by atoms with van der Waals surface area (Å²) in [5.41, 5.74) is 5.86. The predicted octanol–water partition coefficient (Wildman–Crippen LogP) is 8.35. The molecule has 0 saturated carbocycles. The van der Waals surface area contributed by atoms with E-state index in [1.165, 1.54) is 0 Å². The second-order valence-electron chi connectivity index (χ2n) is 9.65. The van der Waals surface area contributed by atoms with Crippen molar-refractivity contribution < 1.29 is 18.6 Å². The van der Waals surface area contributed by atoms with E-state index in [9.17, 15) is 0 Å². The van der Waals surface area contributed by atoms with Crippen LogP contribution in [0.4, 0.5) is 0 Å². The zero-order chi connectivity index (χ0) is 28.1. The maximum atomic E-state index is 4.35. The van der Waals surface area contributed by atoms with Gasteiger partial charge in [-0.15, -0.1) is 0 Å². The quantitative estimate of drug-likeness (QED) is 0.165. The van der Waals surface area contributed by atoms with Crippen molar-refractivity contribution in [1.82, 2.24) is 29.9 Å². The molecule has 3 aromatic carbocycles. The fraction of sp³-hybridized carbons (Fsp3) is 0. The minimum Gasteiger partial charge on any atom is -0.254 e. The minimum atomic E-state index is 0. The van der Waals surface area contributed by atoms with E-state index in [-0.39, 0.29) is 18.6 Å². The van der Waals surface area contributed by atoms with Gasteiger partial charge in [-0.25, -0.2) is 0 Å². The first-order valence-electron chi connectivity index (χ1n) is 13.6. The molecular formula is C36H24N6V. The summed E-state index contributed by atoms with van der Waals surface area (Å²) in [6, 6.07) is 36.4. The van der Waals surface area contributed by atoms with Crippen LogP contribution >= 0.6 is 0 Å². The van der Waals surface area contributed by atoms with Crippen molar-refractivity contribution >= 4 is 65.4 Å². The Labute approximate surface area is 259 Å². The maximum Gasteiger partial charge on any atom is 0.0964 e. The molecule has 7 heteroatoms. The van der Waals surface area contributed by atoms with E-state index < -0.39 is 0 Å². The van der Waals surface area contributed by atoms with E-state index in [1.807, 2.05) is 36.4 Å². The molecule has 203 valence electrons. The van der Waals surface area contributed by atoms with Crippen molar-refractivity contribution in [3.05, 3.63) is 146 Å². The van der Waals surface area contributed by atoms with Gasteiger partial charge in [-0.2, -0.15) is 0 Å². The van der Waals surface area contributed by atoms with E-state index >= 15 is 0 Å². The van der Waals surface area contributed by atoms with Crippen molar-refractivity contribution in [3.8, 4) is 0 Å². The zero-order valence-corrected chi connectivity index (χ0v) is 24.4. The van der Waals surface area contributed by atoms with Crippen LogP contribution in [0.1, 0.15) is 0 Å². The van der Waals surface area contributed by atoms with Gasteiger partial charge in [0.25, 0.3) is 0 Å². The van der Waals surface area contributed by atoms with Gasteiger partial charge < -0.3 is 0 Å². The SMILES string of the molecule is [V].c1cnc2c(c1)ccc1cccnc12.c1cnc2c(c1)ccc1cccnc12.c1cnc2c(c1)ccc1cccnc12. The number of nitrogens with zero attached hydrogens (tertiary/aromatic N) is 6. The zero-order valence-electron chi connectivity index (χ0n) is 23.0. The molecule has 43 heavy (non-hydrogen) atoms. The number of benzene rings is 3. The third-order valence-corrected chi connectivity index (χ3v) is 7.03. The summed E-state index contributed by atoms with van der Waals surface area (Å²) in [6.07, 6.45) is 10.8. The third-order valence-electron chi connectivity index (χ3n) is 7.03. The van der Waals surface area contributed by atoms with Gasteiger partial charge in [-0.05, 0) is 36.4 Å². The topological polar surface area (TPSA) is 77.3 Å². The third kappa shape index (κ3) is 5.75. The van der Waals surface area contributed by atoms with Gasteiger partial charge >= 0.3 is 0 Å². The number of pyridine rings is 6. The average molecular weight is 592 g/mol. The standard InChI is InChI=1S/3C12H8N2.V/c3*1-3-9-5-6-10-4-2-8-14-12(10)11(9)13-7-1;/h3*1-8H;. The van der Waals surface area contributed by atoms with Crippen LogP contribution in [0.25, 0.3) is 65.4 Å². The Kier molecular flexibility index (Phi) is 8.23. The summed E-state index contributed by atoms with van der Waals surface area (Å²) < 4.78 is 0. The van der Waals surface area contributed by atoms with Crippen LogP contribution in [-0.2, 0) is 18.6 Å². The number of aromatic nitrogens is 6. The second kappa shape index (κ2) is 12.7. The predicted molar refractivity (Wildman–Crippen MR) is 171 cm³/mol. The molecule has 9 rings (SSSR count). The molecule has 0 atom stereocenters. The first-order chi connectivity index (χ1) is 20.8. The van der Waals surface area contributed by atoms with Crippen LogP contribution in [0.3, 0.4) is 0 Å². The van der Waals surface area contributed by atoms with Crippen molar-refractivity contribution in [3.63, 3.8) is 0 Å². The molecule has 0 aliphatic carbocycles. The van der Waals surface area contributed by atoms with Crippen LogP contribution in [0.15, 0.2) is 146 Å². The molecule has 0 unspecified atom stereocenters. The van der Waals surface area contributed by atoms with Gasteiger partial charge in [0.15, 0.2) is 0 Å². The minimum absolute atomic E-state index is 0. The van der Waals surface area contributed by atoms with Gasteiger partial charge in [0.1, 0.15) is 0 Å².